The number of nitrogen functional groups attached to an aromatic ring is 1. The summed E-state index contributed by atoms with van der Waals surface area (Å²) in [5, 5.41) is 0. The summed E-state index contributed by atoms with van der Waals surface area (Å²) in [6.45, 7) is 2.26. The van der Waals surface area contributed by atoms with Crippen molar-refractivity contribution in [3.05, 3.63) is 12.4 Å². The molecule has 0 aliphatic carbocycles. The lowest BCUT2D eigenvalue weighted by molar-refractivity contribution is 0.0147. The molecule has 0 radical (unpaired) electrons. The second-order valence-corrected chi connectivity index (χ2v) is 5.46. The number of rotatable bonds is 2. The number of nitrogens with two attached hydrogens (primary N) is 1. The van der Waals surface area contributed by atoms with Crippen molar-refractivity contribution in [2.24, 2.45) is 5.92 Å². The van der Waals surface area contributed by atoms with Crippen molar-refractivity contribution >= 4 is 5.82 Å². The Labute approximate surface area is 107 Å². The minimum absolute atomic E-state index is 0.206. The predicted molar refractivity (Wildman–Crippen MR) is 69.2 cm³/mol. The molecule has 2 aliphatic rings. The number of piperidine rings is 1. The van der Waals surface area contributed by atoms with Crippen molar-refractivity contribution in [3.63, 3.8) is 0 Å². The first-order chi connectivity index (χ1) is 8.66. The van der Waals surface area contributed by atoms with Crippen molar-refractivity contribution in [3.8, 4) is 5.88 Å². The van der Waals surface area contributed by atoms with Gasteiger partial charge in [-0.1, -0.05) is 6.92 Å². The van der Waals surface area contributed by atoms with Crippen LogP contribution in [0.5, 0.6) is 5.88 Å². The highest BCUT2D eigenvalue weighted by atomic mass is 16.5. The topological polar surface area (TPSA) is 64.3 Å². The minimum Gasteiger partial charge on any atom is -0.471 e. The Kier molecular flexibility index (Phi) is 2.86. The van der Waals surface area contributed by atoms with Crippen LogP contribution in [0.25, 0.3) is 0 Å². The summed E-state index contributed by atoms with van der Waals surface area (Å²) < 4.78 is 6.00. The van der Waals surface area contributed by atoms with E-state index in [2.05, 4.69) is 28.8 Å². The molecule has 2 saturated heterocycles. The van der Waals surface area contributed by atoms with Gasteiger partial charge in [0.05, 0.1) is 0 Å². The van der Waals surface area contributed by atoms with Gasteiger partial charge in [0.2, 0.25) is 0 Å². The minimum atomic E-state index is 0.206. The zero-order chi connectivity index (χ0) is 12.7. The lowest BCUT2D eigenvalue weighted by atomic mass is 9.89. The lowest BCUT2D eigenvalue weighted by Crippen LogP contribution is -2.49. The molecule has 18 heavy (non-hydrogen) atoms. The molecule has 2 bridgehead atoms. The molecule has 5 heteroatoms. The van der Waals surface area contributed by atoms with Crippen LogP contribution in [0.15, 0.2) is 12.4 Å². The Balaban J connectivity index is 1.76. The summed E-state index contributed by atoms with van der Waals surface area (Å²) in [6.07, 6.45) is 7.03. The summed E-state index contributed by atoms with van der Waals surface area (Å²) in [5.41, 5.74) is 5.79. The Morgan fingerprint density at radius 2 is 2.11 bits per heavy atom. The maximum absolute atomic E-state index is 6.00. The second-order valence-electron chi connectivity index (χ2n) is 5.46. The van der Waals surface area contributed by atoms with E-state index < -0.39 is 0 Å². The number of ether oxygens (including phenoxy) is 1. The van der Waals surface area contributed by atoms with Crippen LogP contribution in [-0.2, 0) is 0 Å². The molecule has 5 nitrogen and oxygen atoms in total. The normalized spacial score (nSPS) is 35.7. The maximum atomic E-state index is 6.00. The first-order valence-electron chi connectivity index (χ1n) is 6.62. The summed E-state index contributed by atoms with van der Waals surface area (Å²) in [7, 11) is 2.23. The SMILES string of the molecule is C[C@@H]1[C@H]2CC[C@@H](C[C@H]1Oc1nccnc1N)N2C. The first kappa shape index (κ1) is 11.7. The van der Waals surface area contributed by atoms with E-state index in [1.165, 1.54) is 12.8 Å². The lowest BCUT2D eigenvalue weighted by Gasteiger charge is -2.41. The molecule has 1 aromatic heterocycles. The standard InChI is InChI=1S/C13H20N4O/c1-8-10-4-3-9(17(10)2)7-11(8)18-13-12(14)15-5-6-16-13/h5-6,8-11H,3-4,7H2,1-2H3,(H2,14,15)/t8-,9+,10-,11-/m1/s1. The maximum Gasteiger partial charge on any atom is 0.257 e. The number of aromatic nitrogens is 2. The van der Waals surface area contributed by atoms with Crippen molar-refractivity contribution in [2.75, 3.05) is 12.8 Å². The molecule has 0 unspecified atom stereocenters. The molecular weight excluding hydrogens is 228 g/mol. The van der Waals surface area contributed by atoms with Crippen LogP contribution in [0.1, 0.15) is 26.2 Å². The Hall–Kier alpha value is -1.36. The average Bonchev–Trinajstić information content (AvgIpc) is 2.62. The van der Waals surface area contributed by atoms with Gasteiger partial charge in [0.1, 0.15) is 6.10 Å². The highest BCUT2D eigenvalue weighted by Gasteiger charge is 2.44. The molecule has 2 aliphatic heterocycles. The molecule has 0 aromatic carbocycles. The van der Waals surface area contributed by atoms with Gasteiger partial charge in [-0.25, -0.2) is 9.97 Å². The molecule has 3 heterocycles. The largest absolute Gasteiger partial charge is 0.471 e. The zero-order valence-electron chi connectivity index (χ0n) is 10.9. The van der Waals surface area contributed by atoms with Gasteiger partial charge in [-0.05, 0) is 19.9 Å². The monoisotopic (exact) mass is 248 g/mol. The summed E-state index contributed by atoms with van der Waals surface area (Å²) >= 11 is 0. The van der Waals surface area contributed by atoms with Crippen molar-refractivity contribution in [1.29, 1.82) is 0 Å². The highest BCUT2D eigenvalue weighted by molar-refractivity contribution is 5.38. The van der Waals surface area contributed by atoms with Crippen LogP contribution < -0.4 is 10.5 Å². The van der Waals surface area contributed by atoms with Crippen LogP contribution >= 0.6 is 0 Å². The number of nitrogens with zero attached hydrogens (tertiary/aromatic N) is 3. The van der Waals surface area contributed by atoms with Gasteiger partial charge >= 0.3 is 0 Å². The van der Waals surface area contributed by atoms with Gasteiger partial charge in [0, 0.05) is 36.8 Å². The van der Waals surface area contributed by atoms with E-state index in [9.17, 15) is 0 Å². The quantitative estimate of drug-likeness (QED) is 0.855. The molecule has 1 aromatic rings. The number of hydrogen-bond donors (Lipinski definition) is 1. The molecule has 0 amide bonds. The highest BCUT2D eigenvalue weighted by Crippen LogP contribution is 2.39. The summed E-state index contributed by atoms with van der Waals surface area (Å²) in [5.74, 6) is 1.38. The smallest absolute Gasteiger partial charge is 0.257 e. The molecule has 2 fully saturated rings. The van der Waals surface area contributed by atoms with Crippen LogP contribution in [0.3, 0.4) is 0 Å². The van der Waals surface area contributed by atoms with Crippen LogP contribution in [0.2, 0.25) is 0 Å². The Morgan fingerprint density at radius 3 is 2.89 bits per heavy atom. The van der Waals surface area contributed by atoms with E-state index in [0.29, 0.717) is 29.7 Å². The molecule has 98 valence electrons. The van der Waals surface area contributed by atoms with E-state index in [4.69, 9.17) is 10.5 Å². The van der Waals surface area contributed by atoms with Crippen LogP contribution in [0.4, 0.5) is 5.82 Å². The van der Waals surface area contributed by atoms with E-state index in [1.807, 2.05) is 0 Å². The fourth-order valence-corrected chi connectivity index (χ4v) is 3.42. The fourth-order valence-electron chi connectivity index (χ4n) is 3.42. The molecular formula is C13H20N4O. The number of fused-ring (bicyclic) bond motifs is 2. The fraction of sp³-hybridized carbons (Fsp3) is 0.692. The van der Waals surface area contributed by atoms with Crippen molar-refractivity contribution in [1.82, 2.24) is 14.9 Å². The van der Waals surface area contributed by atoms with Gasteiger partial charge in [0.15, 0.2) is 5.82 Å². The average molecular weight is 248 g/mol. The first-order valence-corrected chi connectivity index (χ1v) is 6.62. The molecule has 4 atom stereocenters. The molecule has 2 N–H and O–H groups in total. The van der Waals surface area contributed by atoms with E-state index in [-0.39, 0.29) is 6.10 Å². The van der Waals surface area contributed by atoms with Gasteiger partial charge in [0.25, 0.3) is 5.88 Å². The molecule has 3 rings (SSSR count). The van der Waals surface area contributed by atoms with Crippen LogP contribution in [-0.4, -0.2) is 40.1 Å². The summed E-state index contributed by atoms with van der Waals surface area (Å²) in [4.78, 5) is 10.7. The van der Waals surface area contributed by atoms with E-state index in [0.717, 1.165) is 6.42 Å². The Bertz CT molecular complexity index is 439. The van der Waals surface area contributed by atoms with Gasteiger partial charge in [-0.3, -0.25) is 4.90 Å². The third-order valence-electron chi connectivity index (χ3n) is 4.55. The third-order valence-corrected chi connectivity index (χ3v) is 4.55. The van der Waals surface area contributed by atoms with Crippen LogP contribution in [0, 0.1) is 5.92 Å². The molecule has 0 saturated carbocycles. The summed E-state index contributed by atoms with van der Waals surface area (Å²) in [6, 6.07) is 1.28. The van der Waals surface area contributed by atoms with Crippen molar-refractivity contribution < 1.29 is 4.74 Å². The second kappa shape index (κ2) is 4.39. The molecule has 0 spiro atoms. The van der Waals surface area contributed by atoms with Gasteiger partial charge in [-0.15, -0.1) is 0 Å². The predicted octanol–water partition coefficient (Wildman–Crippen LogP) is 1.31. The van der Waals surface area contributed by atoms with Gasteiger partial charge in [-0.2, -0.15) is 0 Å². The number of hydrogen-bond acceptors (Lipinski definition) is 5. The zero-order valence-corrected chi connectivity index (χ0v) is 10.9. The Morgan fingerprint density at radius 1 is 1.33 bits per heavy atom. The third kappa shape index (κ3) is 1.82. The van der Waals surface area contributed by atoms with E-state index in [1.54, 1.807) is 12.4 Å². The number of anilines is 1. The van der Waals surface area contributed by atoms with E-state index >= 15 is 0 Å². The van der Waals surface area contributed by atoms with Crippen molar-refractivity contribution in [2.45, 2.75) is 44.4 Å². The van der Waals surface area contributed by atoms with Gasteiger partial charge < -0.3 is 10.5 Å².